The van der Waals surface area contributed by atoms with Gasteiger partial charge in [0.25, 0.3) is 0 Å². The van der Waals surface area contributed by atoms with Crippen LogP contribution in [-0.2, 0) is 0 Å². The number of hydrogen-bond acceptors (Lipinski definition) is 5. The summed E-state index contributed by atoms with van der Waals surface area (Å²) in [5.74, 6) is 0.159. The number of carbonyl (C=O) groups is 1. The lowest BCUT2D eigenvalue weighted by Crippen LogP contribution is -2.07. The summed E-state index contributed by atoms with van der Waals surface area (Å²) in [5.41, 5.74) is 3.09. The van der Waals surface area contributed by atoms with Gasteiger partial charge in [-0.05, 0) is 36.8 Å². The molecule has 3 aromatic rings. The second kappa shape index (κ2) is 8.14. The second-order valence-corrected chi connectivity index (χ2v) is 6.13. The molecule has 0 saturated heterocycles. The zero-order chi connectivity index (χ0) is 19.4. The Kier molecular flexibility index (Phi) is 5.66. The fourth-order valence-corrected chi connectivity index (χ4v) is 2.91. The van der Waals surface area contributed by atoms with Gasteiger partial charge in [-0.2, -0.15) is 0 Å². The third-order valence-corrected chi connectivity index (χ3v) is 4.28. The molecule has 0 spiro atoms. The number of hydrogen-bond donors (Lipinski definition) is 2. The maximum Gasteiger partial charge on any atom is 0.166 e. The number of ketones is 1. The lowest BCUT2D eigenvalue weighted by atomic mass is 10.0. The molecule has 6 heteroatoms. The summed E-state index contributed by atoms with van der Waals surface area (Å²) in [6, 6.07) is 9.86. The van der Waals surface area contributed by atoms with Crippen molar-refractivity contribution in [1.82, 2.24) is 4.98 Å². The van der Waals surface area contributed by atoms with Crippen molar-refractivity contribution in [2.45, 2.75) is 20.3 Å². The van der Waals surface area contributed by atoms with Crippen LogP contribution in [0.4, 0.5) is 15.8 Å². The van der Waals surface area contributed by atoms with E-state index < -0.39 is 0 Å². The number of nitrogens with one attached hydrogen (secondary N) is 1. The number of benzene rings is 2. The number of aryl methyl sites for hydroxylation is 1. The van der Waals surface area contributed by atoms with Crippen LogP contribution in [-0.4, -0.2) is 29.1 Å². The number of aliphatic hydroxyl groups is 1. The zero-order valence-corrected chi connectivity index (χ0v) is 15.3. The molecule has 140 valence electrons. The molecule has 0 unspecified atom stereocenters. The van der Waals surface area contributed by atoms with Gasteiger partial charge >= 0.3 is 0 Å². The highest BCUT2D eigenvalue weighted by Crippen LogP contribution is 2.35. The quantitative estimate of drug-likeness (QED) is 0.605. The highest BCUT2D eigenvalue weighted by molar-refractivity contribution is 6.09. The van der Waals surface area contributed by atoms with Gasteiger partial charge in [0.05, 0.1) is 17.9 Å². The minimum absolute atomic E-state index is 0.0478. The lowest BCUT2D eigenvalue weighted by molar-refractivity contribution is 0.0988. The predicted molar refractivity (Wildman–Crippen MR) is 103 cm³/mol. The Labute approximate surface area is 156 Å². The summed E-state index contributed by atoms with van der Waals surface area (Å²) in [7, 11) is 0. The Bertz CT molecular complexity index is 989. The SMILES string of the molecule is CCC(=O)c1cnc2c(OCCO)cccc2c1Nc1ccc(F)cc1C. The Morgan fingerprint density at radius 1 is 1.30 bits per heavy atom. The topological polar surface area (TPSA) is 71.5 Å². The van der Waals surface area contributed by atoms with Gasteiger partial charge in [0, 0.05) is 23.7 Å². The van der Waals surface area contributed by atoms with Crippen LogP contribution < -0.4 is 10.1 Å². The monoisotopic (exact) mass is 368 g/mol. The molecule has 2 N–H and O–H groups in total. The van der Waals surface area contributed by atoms with Crippen LogP contribution in [0.5, 0.6) is 5.75 Å². The van der Waals surface area contributed by atoms with Crippen LogP contribution in [0.3, 0.4) is 0 Å². The molecule has 5 nitrogen and oxygen atoms in total. The smallest absolute Gasteiger partial charge is 0.166 e. The van der Waals surface area contributed by atoms with E-state index in [1.807, 2.05) is 6.07 Å². The number of pyridine rings is 1. The normalized spacial score (nSPS) is 10.8. The first-order chi connectivity index (χ1) is 13.0. The fraction of sp³-hybridized carbons (Fsp3) is 0.238. The maximum atomic E-state index is 13.4. The van der Waals surface area contributed by atoms with Crippen molar-refractivity contribution in [3.63, 3.8) is 0 Å². The fourth-order valence-electron chi connectivity index (χ4n) is 2.91. The first-order valence-electron chi connectivity index (χ1n) is 8.77. The maximum absolute atomic E-state index is 13.4. The average Bonchev–Trinajstić information content (AvgIpc) is 2.67. The minimum Gasteiger partial charge on any atom is -0.489 e. The van der Waals surface area contributed by atoms with Crippen molar-refractivity contribution < 1.29 is 19.0 Å². The summed E-state index contributed by atoms with van der Waals surface area (Å²) >= 11 is 0. The summed E-state index contributed by atoms with van der Waals surface area (Å²) in [6.07, 6.45) is 1.87. The number of carbonyl (C=O) groups excluding carboxylic acids is 1. The standard InChI is InChI=1S/C21H21FN2O3/c1-3-18(26)16-12-23-21-15(5-4-6-19(21)27-10-9-25)20(16)24-17-8-7-14(22)11-13(17)2/h4-8,11-12,25H,3,9-10H2,1-2H3,(H,23,24). The number of Topliss-reactive ketones (excluding diaryl/α,β-unsaturated/α-hetero) is 1. The molecule has 1 aromatic heterocycles. The minimum atomic E-state index is -0.317. The number of halogens is 1. The highest BCUT2D eigenvalue weighted by atomic mass is 19.1. The van der Waals surface area contributed by atoms with E-state index in [0.29, 0.717) is 40.0 Å². The second-order valence-electron chi connectivity index (χ2n) is 6.13. The van der Waals surface area contributed by atoms with Gasteiger partial charge in [0.15, 0.2) is 5.78 Å². The summed E-state index contributed by atoms with van der Waals surface area (Å²) < 4.78 is 19.0. The van der Waals surface area contributed by atoms with Crippen LogP contribution in [0.15, 0.2) is 42.6 Å². The number of aromatic nitrogens is 1. The molecule has 2 aromatic carbocycles. The Hall–Kier alpha value is -2.99. The molecule has 0 atom stereocenters. The third kappa shape index (κ3) is 3.90. The highest BCUT2D eigenvalue weighted by Gasteiger charge is 2.17. The van der Waals surface area contributed by atoms with E-state index >= 15 is 0 Å². The summed E-state index contributed by atoms with van der Waals surface area (Å²) in [4.78, 5) is 16.9. The number of rotatable bonds is 7. The van der Waals surface area contributed by atoms with E-state index in [9.17, 15) is 9.18 Å². The number of para-hydroxylation sites is 1. The Balaban J connectivity index is 2.18. The van der Waals surface area contributed by atoms with Gasteiger partial charge in [-0.15, -0.1) is 0 Å². The summed E-state index contributed by atoms with van der Waals surface area (Å²) in [5, 5.41) is 13.0. The van der Waals surface area contributed by atoms with E-state index in [2.05, 4.69) is 10.3 Å². The Morgan fingerprint density at radius 2 is 2.11 bits per heavy atom. The van der Waals surface area contributed by atoms with Crippen LogP contribution in [0.25, 0.3) is 10.9 Å². The third-order valence-electron chi connectivity index (χ3n) is 4.28. The number of fused-ring (bicyclic) bond motifs is 1. The molecular formula is C21H21FN2O3. The molecule has 0 aliphatic carbocycles. The van der Waals surface area contributed by atoms with Gasteiger partial charge in [0.1, 0.15) is 23.7 Å². The van der Waals surface area contributed by atoms with Crippen molar-refractivity contribution in [1.29, 1.82) is 0 Å². The van der Waals surface area contributed by atoms with Gasteiger partial charge in [-0.3, -0.25) is 9.78 Å². The van der Waals surface area contributed by atoms with Crippen LogP contribution in [0.1, 0.15) is 29.3 Å². The number of nitrogens with zero attached hydrogens (tertiary/aromatic N) is 1. The van der Waals surface area contributed by atoms with E-state index in [-0.39, 0.29) is 24.8 Å². The molecule has 0 radical (unpaired) electrons. The van der Waals surface area contributed by atoms with Gasteiger partial charge < -0.3 is 15.2 Å². The molecule has 0 bridgehead atoms. The largest absolute Gasteiger partial charge is 0.489 e. The lowest BCUT2D eigenvalue weighted by Gasteiger charge is -2.17. The summed E-state index contributed by atoms with van der Waals surface area (Å²) in [6.45, 7) is 3.63. The van der Waals surface area contributed by atoms with Gasteiger partial charge in [-0.25, -0.2) is 4.39 Å². The molecule has 0 saturated carbocycles. The van der Waals surface area contributed by atoms with Crippen molar-refractivity contribution >= 4 is 28.1 Å². The van der Waals surface area contributed by atoms with Crippen molar-refractivity contribution in [3.8, 4) is 5.75 Å². The van der Waals surface area contributed by atoms with E-state index in [4.69, 9.17) is 9.84 Å². The zero-order valence-electron chi connectivity index (χ0n) is 15.3. The predicted octanol–water partition coefficient (Wildman–Crippen LogP) is 4.39. The molecule has 27 heavy (non-hydrogen) atoms. The number of ether oxygens (including phenoxy) is 1. The average molecular weight is 368 g/mol. The first kappa shape index (κ1) is 18.8. The van der Waals surface area contributed by atoms with E-state index in [1.54, 1.807) is 32.0 Å². The van der Waals surface area contributed by atoms with Crippen LogP contribution >= 0.6 is 0 Å². The van der Waals surface area contributed by atoms with Gasteiger partial charge in [-0.1, -0.05) is 19.1 Å². The van der Waals surface area contributed by atoms with Crippen molar-refractivity contribution in [2.24, 2.45) is 0 Å². The van der Waals surface area contributed by atoms with E-state index in [1.165, 1.54) is 18.3 Å². The number of anilines is 2. The van der Waals surface area contributed by atoms with Crippen molar-refractivity contribution in [2.75, 3.05) is 18.5 Å². The van der Waals surface area contributed by atoms with Gasteiger partial charge in [0.2, 0.25) is 0 Å². The molecule has 0 amide bonds. The first-order valence-corrected chi connectivity index (χ1v) is 8.77. The molecule has 3 rings (SSSR count). The van der Waals surface area contributed by atoms with Crippen LogP contribution in [0, 0.1) is 12.7 Å². The molecule has 1 heterocycles. The number of aliphatic hydroxyl groups excluding tert-OH is 1. The molecule has 0 aliphatic heterocycles. The Morgan fingerprint density at radius 3 is 2.81 bits per heavy atom. The molecule has 0 aliphatic rings. The van der Waals surface area contributed by atoms with Crippen molar-refractivity contribution in [3.05, 3.63) is 59.5 Å². The van der Waals surface area contributed by atoms with Crippen LogP contribution in [0.2, 0.25) is 0 Å². The van der Waals surface area contributed by atoms with E-state index in [0.717, 1.165) is 5.56 Å². The molecule has 0 fully saturated rings. The molecular weight excluding hydrogens is 347 g/mol.